The average Bonchev–Trinajstić information content (AvgIpc) is 2.57. The Morgan fingerprint density at radius 3 is 2.42 bits per heavy atom. The summed E-state index contributed by atoms with van der Waals surface area (Å²) in [5, 5.41) is 6.75. The molecule has 0 unspecified atom stereocenters. The molecule has 0 saturated carbocycles. The van der Waals surface area contributed by atoms with Crippen molar-refractivity contribution in [3.8, 4) is 11.5 Å². The Hall–Kier alpha value is -2.57. The minimum atomic E-state index is -0.391. The molecule has 0 bridgehead atoms. The largest absolute Gasteiger partial charge is 0.493 e. The lowest BCUT2D eigenvalue weighted by Crippen LogP contribution is -2.29. The van der Waals surface area contributed by atoms with Crippen LogP contribution in [0.2, 0.25) is 0 Å². The molecule has 0 aliphatic heterocycles. The Labute approximate surface area is 142 Å². The van der Waals surface area contributed by atoms with E-state index in [9.17, 15) is 9.59 Å². The highest BCUT2D eigenvalue weighted by Crippen LogP contribution is 2.27. The van der Waals surface area contributed by atoms with Gasteiger partial charge in [-0.25, -0.2) is 5.43 Å². The van der Waals surface area contributed by atoms with Crippen LogP contribution in [0.3, 0.4) is 0 Å². The summed E-state index contributed by atoms with van der Waals surface area (Å²) < 4.78 is 10.3. The maximum absolute atomic E-state index is 12.1. The maximum Gasteiger partial charge on any atom is 0.271 e. The highest BCUT2D eigenvalue weighted by Gasteiger charge is 2.11. The van der Waals surface area contributed by atoms with Gasteiger partial charge in [0.1, 0.15) is 0 Å². The molecule has 7 heteroatoms. The van der Waals surface area contributed by atoms with E-state index < -0.39 is 5.91 Å². The molecule has 0 saturated heterocycles. The van der Waals surface area contributed by atoms with Crippen LogP contribution in [0.25, 0.3) is 0 Å². The lowest BCUT2D eigenvalue weighted by Gasteiger charge is -2.09. The second-order valence-electron chi connectivity index (χ2n) is 5.73. The normalized spacial score (nSPS) is 11.2. The molecule has 0 spiro atoms. The molecule has 0 fully saturated rings. The van der Waals surface area contributed by atoms with Gasteiger partial charge in [0.05, 0.1) is 20.6 Å². The zero-order chi connectivity index (χ0) is 18.1. The molecule has 2 N–H and O–H groups in total. The molecule has 0 aromatic heterocycles. The van der Waals surface area contributed by atoms with Crippen molar-refractivity contribution in [2.75, 3.05) is 20.8 Å². The van der Waals surface area contributed by atoms with Crippen molar-refractivity contribution in [2.24, 2.45) is 11.0 Å². The van der Waals surface area contributed by atoms with E-state index in [-0.39, 0.29) is 12.3 Å². The van der Waals surface area contributed by atoms with Crippen LogP contribution in [-0.4, -0.2) is 38.3 Å². The Bertz CT molecular complexity index is 612. The molecular formula is C17H25N3O4. The minimum absolute atomic E-state index is 0.120. The van der Waals surface area contributed by atoms with Gasteiger partial charge in [0.25, 0.3) is 5.91 Å². The predicted molar refractivity (Wildman–Crippen MR) is 92.6 cm³/mol. The van der Waals surface area contributed by atoms with Crippen LogP contribution >= 0.6 is 0 Å². The SMILES string of the molecule is COc1ccc(C(=O)NN=C(C)CC(=O)NCC(C)C)cc1OC. The molecule has 0 atom stereocenters. The number of hydrogen-bond acceptors (Lipinski definition) is 5. The topological polar surface area (TPSA) is 89.0 Å². The van der Waals surface area contributed by atoms with E-state index in [1.54, 1.807) is 25.1 Å². The third-order valence-electron chi connectivity index (χ3n) is 3.12. The van der Waals surface area contributed by atoms with Crippen LogP contribution < -0.4 is 20.2 Å². The van der Waals surface area contributed by atoms with E-state index in [2.05, 4.69) is 15.8 Å². The summed E-state index contributed by atoms with van der Waals surface area (Å²) in [7, 11) is 3.02. The third kappa shape index (κ3) is 6.28. The predicted octanol–water partition coefficient (Wildman–Crippen LogP) is 1.97. The lowest BCUT2D eigenvalue weighted by atomic mass is 10.2. The zero-order valence-corrected chi connectivity index (χ0v) is 14.8. The fourth-order valence-corrected chi connectivity index (χ4v) is 1.84. The summed E-state index contributed by atoms with van der Waals surface area (Å²) >= 11 is 0. The monoisotopic (exact) mass is 335 g/mol. The molecule has 0 radical (unpaired) electrons. The quantitative estimate of drug-likeness (QED) is 0.561. The van der Waals surface area contributed by atoms with Gasteiger partial charge < -0.3 is 14.8 Å². The minimum Gasteiger partial charge on any atom is -0.493 e. The van der Waals surface area contributed by atoms with Crippen molar-refractivity contribution >= 4 is 17.5 Å². The summed E-state index contributed by atoms with van der Waals surface area (Å²) in [6.07, 6.45) is 0.138. The van der Waals surface area contributed by atoms with E-state index in [0.29, 0.717) is 35.2 Å². The molecular weight excluding hydrogens is 310 g/mol. The standard InChI is InChI=1S/C17H25N3O4/c1-11(2)10-18-16(21)8-12(3)19-20-17(22)13-6-7-14(23-4)15(9-13)24-5/h6-7,9,11H,8,10H2,1-5H3,(H,18,21)(H,20,22). The summed E-state index contributed by atoms with van der Waals surface area (Å²) in [6, 6.07) is 4.81. The van der Waals surface area contributed by atoms with Crippen LogP contribution in [-0.2, 0) is 4.79 Å². The van der Waals surface area contributed by atoms with E-state index in [1.807, 2.05) is 13.8 Å². The molecule has 0 heterocycles. The second-order valence-corrected chi connectivity index (χ2v) is 5.73. The molecule has 1 aromatic rings. The Kier molecular flexibility index (Phi) is 7.74. The van der Waals surface area contributed by atoms with Gasteiger partial charge in [0, 0.05) is 17.8 Å². The van der Waals surface area contributed by atoms with Crippen molar-refractivity contribution in [1.29, 1.82) is 0 Å². The molecule has 0 aliphatic carbocycles. The number of hydrogen-bond donors (Lipinski definition) is 2. The Morgan fingerprint density at radius 1 is 1.17 bits per heavy atom. The van der Waals surface area contributed by atoms with Gasteiger partial charge in [0.15, 0.2) is 11.5 Å². The number of hydrazone groups is 1. The van der Waals surface area contributed by atoms with Crippen LogP contribution in [0.5, 0.6) is 11.5 Å². The molecule has 2 amide bonds. The number of benzene rings is 1. The summed E-state index contributed by atoms with van der Waals surface area (Å²) in [5.41, 5.74) is 3.33. The molecule has 24 heavy (non-hydrogen) atoms. The van der Waals surface area contributed by atoms with E-state index >= 15 is 0 Å². The van der Waals surface area contributed by atoms with E-state index in [4.69, 9.17) is 9.47 Å². The van der Waals surface area contributed by atoms with Crippen molar-refractivity contribution in [1.82, 2.24) is 10.7 Å². The number of rotatable bonds is 8. The third-order valence-corrected chi connectivity index (χ3v) is 3.12. The highest BCUT2D eigenvalue weighted by molar-refractivity contribution is 6.01. The molecule has 1 aromatic carbocycles. The highest BCUT2D eigenvalue weighted by atomic mass is 16.5. The fraction of sp³-hybridized carbons (Fsp3) is 0.471. The number of nitrogens with zero attached hydrogens (tertiary/aromatic N) is 1. The van der Waals surface area contributed by atoms with Crippen LogP contribution in [0.15, 0.2) is 23.3 Å². The van der Waals surface area contributed by atoms with Gasteiger partial charge in [-0.3, -0.25) is 9.59 Å². The van der Waals surface area contributed by atoms with Gasteiger partial charge >= 0.3 is 0 Å². The number of amides is 2. The Morgan fingerprint density at radius 2 is 1.83 bits per heavy atom. The lowest BCUT2D eigenvalue weighted by molar-refractivity contribution is -0.120. The van der Waals surface area contributed by atoms with Crippen LogP contribution in [0, 0.1) is 5.92 Å². The van der Waals surface area contributed by atoms with Crippen molar-refractivity contribution in [3.63, 3.8) is 0 Å². The van der Waals surface area contributed by atoms with Gasteiger partial charge in [0.2, 0.25) is 5.91 Å². The van der Waals surface area contributed by atoms with Gasteiger partial charge in [-0.1, -0.05) is 13.8 Å². The van der Waals surface area contributed by atoms with Crippen molar-refractivity contribution in [2.45, 2.75) is 27.2 Å². The van der Waals surface area contributed by atoms with Crippen LogP contribution in [0.4, 0.5) is 0 Å². The first-order valence-electron chi connectivity index (χ1n) is 7.69. The second kappa shape index (κ2) is 9.54. The van der Waals surface area contributed by atoms with Gasteiger partial charge in [-0.05, 0) is 31.0 Å². The smallest absolute Gasteiger partial charge is 0.271 e. The molecule has 1 rings (SSSR count). The summed E-state index contributed by atoms with van der Waals surface area (Å²) in [6.45, 7) is 6.34. The van der Waals surface area contributed by atoms with Crippen LogP contribution in [0.1, 0.15) is 37.6 Å². The van der Waals surface area contributed by atoms with Gasteiger partial charge in [-0.2, -0.15) is 5.10 Å². The van der Waals surface area contributed by atoms with E-state index in [0.717, 1.165) is 0 Å². The average molecular weight is 335 g/mol. The number of methoxy groups -OCH3 is 2. The number of ether oxygens (including phenoxy) is 2. The first-order chi connectivity index (χ1) is 11.4. The fourth-order valence-electron chi connectivity index (χ4n) is 1.84. The molecule has 7 nitrogen and oxygen atoms in total. The van der Waals surface area contributed by atoms with E-state index in [1.165, 1.54) is 14.2 Å². The number of nitrogens with one attached hydrogen (secondary N) is 2. The zero-order valence-electron chi connectivity index (χ0n) is 14.8. The molecule has 0 aliphatic rings. The number of carbonyl (C=O) groups is 2. The first-order valence-corrected chi connectivity index (χ1v) is 7.69. The number of carbonyl (C=O) groups excluding carboxylic acids is 2. The Balaban J connectivity index is 2.62. The van der Waals surface area contributed by atoms with Crippen molar-refractivity contribution < 1.29 is 19.1 Å². The first kappa shape index (κ1) is 19.5. The maximum atomic E-state index is 12.1. The van der Waals surface area contributed by atoms with Gasteiger partial charge in [-0.15, -0.1) is 0 Å². The van der Waals surface area contributed by atoms with Crippen molar-refractivity contribution in [3.05, 3.63) is 23.8 Å². The summed E-state index contributed by atoms with van der Waals surface area (Å²) in [5.74, 6) is 0.869. The molecule has 132 valence electrons. The summed E-state index contributed by atoms with van der Waals surface area (Å²) in [4.78, 5) is 23.8.